The van der Waals surface area contributed by atoms with Crippen LogP contribution in [0.3, 0.4) is 0 Å². The van der Waals surface area contributed by atoms with Crippen molar-refractivity contribution >= 4 is 29.1 Å². The van der Waals surface area contributed by atoms with Gasteiger partial charge < -0.3 is 24.5 Å². The molecular formula is C25H26ClN3O5. The molecule has 34 heavy (non-hydrogen) atoms. The van der Waals surface area contributed by atoms with Gasteiger partial charge in [-0.3, -0.25) is 9.59 Å². The third-order valence-corrected chi connectivity index (χ3v) is 5.71. The maximum absolute atomic E-state index is 12.5. The Morgan fingerprint density at radius 2 is 2.03 bits per heavy atom. The quantitative estimate of drug-likeness (QED) is 0.491. The standard InChI is InChI=1S/C25H26ClN3O5/c1-15-12-17(26)9-10-21(15)33-14-23(30)27-13-20-16(2)34-25(29-20)18-6-3-4-7-19(18)28-24(31)22-8-5-11-32-22/h3-4,6-7,9-10,12,22H,5,8,11,13-14H2,1-2H3,(H,27,30)(H,28,31). The summed E-state index contributed by atoms with van der Waals surface area (Å²) in [5.41, 5.74) is 2.68. The second-order valence-corrected chi connectivity index (χ2v) is 8.47. The molecule has 2 amide bonds. The van der Waals surface area contributed by atoms with E-state index in [1.54, 1.807) is 31.2 Å². The van der Waals surface area contributed by atoms with Gasteiger partial charge in [0.2, 0.25) is 5.89 Å². The van der Waals surface area contributed by atoms with Gasteiger partial charge in [-0.1, -0.05) is 23.7 Å². The van der Waals surface area contributed by atoms with E-state index in [1.807, 2.05) is 25.1 Å². The SMILES string of the molecule is Cc1cc(Cl)ccc1OCC(=O)NCc1nc(-c2ccccc2NC(=O)C2CCCO2)oc1C. The van der Waals surface area contributed by atoms with Gasteiger partial charge in [-0.15, -0.1) is 0 Å². The van der Waals surface area contributed by atoms with Crippen LogP contribution in [0.4, 0.5) is 5.69 Å². The summed E-state index contributed by atoms with van der Waals surface area (Å²) < 4.78 is 16.9. The molecule has 1 aromatic heterocycles. The summed E-state index contributed by atoms with van der Waals surface area (Å²) in [7, 11) is 0. The molecule has 0 saturated carbocycles. The van der Waals surface area contributed by atoms with E-state index >= 15 is 0 Å². The van der Waals surface area contributed by atoms with E-state index in [4.69, 9.17) is 25.5 Å². The molecule has 0 bridgehead atoms. The Balaban J connectivity index is 1.38. The smallest absolute Gasteiger partial charge is 0.258 e. The Kier molecular flexibility index (Phi) is 7.49. The number of para-hydroxylation sites is 1. The van der Waals surface area contributed by atoms with Gasteiger partial charge >= 0.3 is 0 Å². The fourth-order valence-corrected chi connectivity index (χ4v) is 3.86. The number of nitrogens with one attached hydrogen (secondary N) is 2. The van der Waals surface area contributed by atoms with Gasteiger partial charge in [0.25, 0.3) is 11.8 Å². The number of ether oxygens (including phenoxy) is 2. The van der Waals surface area contributed by atoms with Crippen molar-refractivity contribution in [2.24, 2.45) is 0 Å². The predicted molar refractivity (Wildman–Crippen MR) is 128 cm³/mol. The summed E-state index contributed by atoms with van der Waals surface area (Å²) in [5, 5.41) is 6.31. The molecule has 1 atom stereocenters. The topological polar surface area (TPSA) is 103 Å². The van der Waals surface area contributed by atoms with Crippen LogP contribution >= 0.6 is 11.6 Å². The maximum atomic E-state index is 12.5. The van der Waals surface area contributed by atoms with Gasteiger partial charge in [-0.2, -0.15) is 0 Å². The van der Waals surface area contributed by atoms with Gasteiger partial charge in [0, 0.05) is 11.6 Å². The molecule has 2 heterocycles. The molecule has 1 aliphatic heterocycles. The third-order valence-electron chi connectivity index (χ3n) is 5.48. The van der Waals surface area contributed by atoms with Crippen molar-refractivity contribution < 1.29 is 23.5 Å². The number of aromatic nitrogens is 1. The molecule has 8 nitrogen and oxygen atoms in total. The number of hydrogen-bond donors (Lipinski definition) is 2. The van der Waals surface area contributed by atoms with Crippen LogP contribution in [0.15, 0.2) is 46.9 Å². The van der Waals surface area contributed by atoms with E-state index in [1.165, 1.54) is 0 Å². The number of halogens is 1. The number of amides is 2. The first-order valence-electron chi connectivity index (χ1n) is 11.0. The van der Waals surface area contributed by atoms with Gasteiger partial charge in [0.15, 0.2) is 6.61 Å². The van der Waals surface area contributed by atoms with Crippen LogP contribution in [0, 0.1) is 13.8 Å². The van der Waals surface area contributed by atoms with Crippen LogP contribution in [-0.4, -0.2) is 36.1 Å². The summed E-state index contributed by atoms with van der Waals surface area (Å²) in [6, 6.07) is 12.5. The Morgan fingerprint density at radius 1 is 1.21 bits per heavy atom. The first-order chi connectivity index (χ1) is 16.4. The average molecular weight is 484 g/mol. The molecule has 1 saturated heterocycles. The fourth-order valence-electron chi connectivity index (χ4n) is 3.63. The van der Waals surface area contributed by atoms with Crippen LogP contribution in [0.1, 0.15) is 29.9 Å². The summed E-state index contributed by atoms with van der Waals surface area (Å²) in [4.78, 5) is 29.3. The van der Waals surface area contributed by atoms with Crippen LogP contribution in [0.25, 0.3) is 11.5 Å². The van der Waals surface area contributed by atoms with Crippen LogP contribution in [-0.2, 0) is 20.9 Å². The van der Waals surface area contributed by atoms with Gasteiger partial charge in [0.1, 0.15) is 23.3 Å². The summed E-state index contributed by atoms with van der Waals surface area (Å²) >= 11 is 5.95. The molecule has 1 fully saturated rings. The molecule has 178 valence electrons. The average Bonchev–Trinajstić information content (AvgIpc) is 3.48. The highest BCUT2D eigenvalue weighted by molar-refractivity contribution is 6.30. The second-order valence-electron chi connectivity index (χ2n) is 8.03. The Bertz CT molecular complexity index is 1190. The molecule has 2 aromatic carbocycles. The molecular weight excluding hydrogens is 458 g/mol. The van der Waals surface area contributed by atoms with E-state index < -0.39 is 6.10 Å². The molecule has 0 radical (unpaired) electrons. The molecule has 0 spiro atoms. The molecule has 3 aromatic rings. The van der Waals surface area contributed by atoms with E-state index in [-0.39, 0.29) is 25.0 Å². The number of rotatable bonds is 8. The minimum absolute atomic E-state index is 0.135. The number of benzene rings is 2. The first kappa shape index (κ1) is 23.8. The molecule has 1 unspecified atom stereocenters. The van der Waals surface area contributed by atoms with Crippen LogP contribution in [0.2, 0.25) is 5.02 Å². The van der Waals surface area contributed by atoms with E-state index in [0.29, 0.717) is 52.4 Å². The molecule has 1 aliphatic rings. The Morgan fingerprint density at radius 3 is 2.79 bits per heavy atom. The van der Waals surface area contributed by atoms with Crippen molar-refractivity contribution in [3.05, 3.63) is 64.5 Å². The van der Waals surface area contributed by atoms with Crippen LogP contribution in [0.5, 0.6) is 5.75 Å². The molecule has 4 rings (SSSR count). The lowest BCUT2D eigenvalue weighted by molar-refractivity contribution is -0.125. The number of nitrogens with zero attached hydrogens (tertiary/aromatic N) is 1. The van der Waals surface area contributed by atoms with Gasteiger partial charge in [0.05, 0.1) is 17.8 Å². The molecule has 9 heteroatoms. The lowest BCUT2D eigenvalue weighted by Crippen LogP contribution is -2.28. The highest BCUT2D eigenvalue weighted by atomic mass is 35.5. The van der Waals surface area contributed by atoms with E-state index in [9.17, 15) is 9.59 Å². The van der Waals surface area contributed by atoms with Gasteiger partial charge in [-0.05, 0) is 62.6 Å². The van der Waals surface area contributed by atoms with Crippen molar-refractivity contribution in [1.82, 2.24) is 10.3 Å². The fraction of sp³-hybridized carbons (Fsp3) is 0.320. The van der Waals surface area contributed by atoms with E-state index in [0.717, 1.165) is 12.0 Å². The first-order valence-corrected chi connectivity index (χ1v) is 11.4. The van der Waals surface area contributed by atoms with Crippen molar-refractivity contribution in [1.29, 1.82) is 0 Å². The molecule has 2 N–H and O–H groups in total. The minimum Gasteiger partial charge on any atom is -0.484 e. The monoisotopic (exact) mass is 483 g/mol. The second kappa shape index (κ2) is 10.7. The lowest BCUT2D eigenvalue weighted by atomic mass is 10.1. The number of anilines is 1. The van der Waals surface area contributed by atoms with E-state index in [2.05, 4.69) is 15.6 Å². The number of oxazole rings is 1. The van der Waals surface area contributed by atoms with Gasteiger partial charge in [-0.25, -0.2) is 4.98 Å². The molecule has 0 aliphatic carbocycles. The Labute approximate surface area is 202 Å². The summed E-state index contributed by atoms with van der Waals surface area (Å²) in [6.07, 6.45) is 1.14. The van der Waals surface area contributed by atoms with Crippen molar-refractivity contribution in [3.63, 3.8) is 0 Å². The zero-order valence-corrected chi connectivity index (χ0v) is 19.8. The highest BCUT2D eigenvalue weighted by Crippen LogP contribution is 2.29. The summed E-state index contributed by atoms with van der Waals surface area (Å²) in [5.74, 6) is 1.06. The number of aryl methyl sites for hydroxylation is 2. The number of carbonyl (C=O) groups is 2. The summed E-state index contributed by atoms with van der Waals surface area (Å²) in [6.45, 7) is 4.28. The largest absolute Gasteiger partial charge is 0.484 e. The zero-order valence-electron chi connectivity index (χ0n) is 19.0. The van der Waals surface area contributed by atoms with Crippen molar-refractivity contribution in [2.45, 2.75) is 39.3 Å². The van der Waals surface area contributed by atoms with Crippen LogP contribution < -0.4 is 15.4 Å². The normalized spacial score (nSPS) is 15.2. The number of hydrogen-bond acceptors (Lipinski definition) is 6. The van der Waals surface area contributed by atoms with Crippen molar-refractivity contribution in [2.75, 3.05) is 18.5 Å². The highest BCUT2D eigenvalue weighted by Gasteiger charge is 2.25. The number of carbonyl (C=O) groups excluding carboxylic acids is 2. The Hall–Kier alpha value is -3.36. The maximum Gasteiger partial charge on any atom is 0.258 e. The third kappa shape index (κ3) is 5.76. The zero-order chi connectivity index (χ0) is 24.1. The van der Waals surface area contributed by atoms with Crippen molar-refractivity contribution in [3.8, 4) is 17.2 Å². The predicted octanol–water partition coefficient (Wildman–Crippen LogP) is 4.42. The lowest BCUT2D eigenvalue weighted by Gasteiger charge is -2.12. The minimum atomic E-state index is -0.441.